The summed E-state index contributed by atoms with van der Waals surface area (Å²) in [6.07, 6.45) is 0. The third kappa shape index (κ3) is 6.39. The number of nitrogens with one attached hydrogen (secondary N) is 1. The number of amides is 1. The van der Waals surface area contributed by atoms with Gasteiger partial charge in [-0.25, -0.2) is 4.79 Å². The van der Waals surface area contributed by atoms with Gasteiger partial charge in [-0.3, -0.25) is 4.79 Å². The van der Waals surface area contributed by atoms with Crippen LogP contribution < -0.4 is 24.3 Å². The highest BCUT2D eigenvalue weighted by Gasteiger charge is 2.14. The summed E-state index contributed by atoms with van der Waals surface area (Å²) >= 11 is 0. The Kier molecular flexibility index (Phi) is 8.13. The van der Waals surface area contributed by atoms with Gasteiger partial charge in [0.15, 0.2) is 18.1 Å². The molecule has 0 bridgehead atoms. The zero-order chi connectivity index (χ0) is 23.6. The Morgan fingerprint density at radius 2 is 1.36 bits per heavy atom. The molecule has 0 aliphatic rings. The summed E-state index contributed by atoms with van der Waals surface area (Å²) in [6, 6.07) is 19.2. The number of rotatable bonds is 10. The van der Waals surface area contributed by atoms with Crippen LogP contribution in [0.15, 0.2) is 66.7 Å². The molecule has 0 radical (unpaired) electrons. The predicted molar refractivity (Wildman–Crippen MR) is 121 cm³/mol. The van der Waals surface area contributed by atoms with E-state index in [2.05, 4.69) is 5.32 Å². The van der Waals surface area contributed by atoms with Gasteiger partial charge < -0.3 is 29.0 Å². The zero-order valence-corrected chi connectivity index (χ0v) is 18.6. The van der Waals surface area contributed by atoms with Crippen molar-refractivity contribution in [2.75, 3.05) is 27.9 Å². The fourth-order valence-corrected chi connectivity index (χ4v) is 2.97. The number of methoxy groups -OCH3 is 3. The van der Waals surface area contributed by atoms with Gasteiger partial charge in [-0.1, -0.05) is 18.2 Å². The van der Waals surface area contributed by atoms with Gasteiger partial charge in [-0.15, -0.1) is 0 Å². The third-order valence-corrected chi connectivity index (χ3v) is 4.67. The van der Waals surface area contributed by atoms with E-state index >= 15 is 0 Å². The summed E-state index contributed by atoms with van der Waals surface area (Å²) in [4.78, 5) is 24.4. The Balaban J connectivity index is 1.51. The van der Waals surface area contributed by atoms with Crippen molar-refractivity contribution in [3.8, 4) is 28.7 Å². The van der Waals surface area contributed by atoms with E-state index in [1.165, 1.54) is 21.3 Å². The predicted octanol–water partition coefficient (Wildman–Crippen LogP) is 3.98. The number of carbonyl (C=O) groups is 2. The summed E-state index contributed by atoms with van der Waals surface area (Å²) in [5.74, 6) is 1.76. The van der Waals surface area contributed by atoms with Crippen molar-refractivity contribution in [2.45, 2.75) is 6.54 Å². The van der Waals surface area contributed by atoms with Gasteiger partial charge >= 0.3 is 5.97 Å². The fourth-order valence-electron chi connectivity index (χ4n) is 2.97. The second-order valence-corrected chi connectivity index (χ2v) is 6.81. The molecule has 0 aromatic heterocycles. The number of ether oxygens (including phenoxy) is 5. The second kappa shape index (κ2) is 11.4. The first-order chi connectivity index (χ1) is 16.0. The molecule has 0 aliphatic heterocycles. The second-order valence-electron chi connectivity index (χ2n) is 6.81. The quantitative estimate of drug-likeness (QED) is 0.466. The molecule has 0 fully saturated rings. The van der Waals surface area contributed by atoms with Crippen LogP contribution in [-0.4, -0.2) is 39.8 Å². The van der Waals surface area contributed by atoms with Crippen LogP contribution >= 0.6 is 0 Å². The van der Waals surface area contributed by atoms with Crippen molar-refractivity contribution < 1.29 is 33.3 Å². The molecule has 0 unspecified atom stereocenters. The van der Waals surface area contributed by atoms with E-state index in [0.717, 1.165) is 0 Å². The van der Waals surface area contributed by atoms with Crippen LogP contribution in [-0.2, 0) is 16.1 Å². The van der Waals surface area contributed by atoms with E-state index < -0.39 is 18.5 Å². The van der Waals surface area contributed by atoms with Gasteiger partial charge in [-0.05, 0) is 42.5 Å². The molecule has 8 nitrogen and oxygen atoms in total. The minimum absolute atomic E-state index is 0.158. The average Bonchev–Trinajstić information content (AvgIpc) is 2.86. The molecule has 0 aliphatic carbocycles. The van der Waals surface area contributed by atoms with Crippen LogP contribution in [0.2, 0.25) is 0 Å². The van der Waals surface area contributed by atoms with Crippen molar-refractivity contribution in [1.82, 2.24) is 5.32 Å². The molecule has 1 amide bonds. The largest absolute Gasteiger partial charge is 0.496 e. The molecule has 0 saturated heterocycles. The molecule has 0 atom stereocenters. The minimum Gasteiger partial charge on any atom is -0.496 e. The first-order valence-electron chi connectivity index (χ1n) is 10.1. The molecular formula is C25H25NO7. The number of para-hydroxylation sites is 1. The Morgan fingerprint density at radius 3 is 2.00 bits per heavy atom. The monoisotopic (exact) mass is 451 g/mol. The molecule has 172 valence electrons. The highest BCUT2D eigenvalue weighted by Crippen LogP contribution is 2.34. The SMILES string of the molecule is COc1cc(OC)c(OC)cc1CNC(=O)COC(=O)c1ccc(Oc2ccccc2)cc1. The Labute approximate surface area is 192 Å². The Bertz CT molecular complexity index is 1080. The van der Waals surface area contributed by atoms with E-state index in [1.807, 2.05) is 30.3 Å². The van der Waals surface area contributed by atoms with Crippen LogP contribution in [0.4, 0.5) is 0 Å². The first-order valence-corrected chi connectivity index (χ1v) is 10.1. The topological polar surface area (TPSA) is 92.3 Å². The van der Waals surface area contributed by atoms with Gasteiger partial charge in [0.1, 0.15) is 17.2 Å². The van der Waals surface area contributed by atoms with Crippen LogP contribution in [0.5, 0.6) is 28.7 Å². The highest BCUT2D eigenvalue weighted by atomic mass is 16.5. The summed E-state index contributed by atoms with van der Waals surface area (Å²) in [6.45, 7) is -0.262. The van der Waals surface area contributed by atoms with Crippen molar-refractivity contribution in [3.63, 3.8) is 0 Å². The number of esters is 1. The number of benzene rings is 3. The van der Waals surface area contributed by atoms with E-state index in [-0.39, 0.29) is 6.54 Å². The maximum atomic E-state index is 12.3. The fraction of sp³-hybridized carbons (Fsp3) is 0.200. The van der Waals surface area contributed by atoms with E-state index in [0.29, 0.717) is 39.9 Å². The normalized spacial score (nSPS) is 10.2. The molecule has 0 heterocycles. The van der Waals surface area contributed by atoms with E-state index in [1.54, 1.807) is 36.4 Å². The lowest BCUT2D eigenvalue weighted by molar-refractivity contribution is -0.124. The molecule has 33 heavy (non-hydrogen) atoms. The lowest BCUT2D eigenvalue weighted by Crippen LogP contribution is -2.28. The molecule has 3 aromatic rings. The number of carbonyl (C=O) groups excluding carboxylic acids is 2. The van der Waals surface area contributed by atoms with Crippen molar-refractivity contribution in [1.29, 1.82) is 0 Å². The lowest BCUT2D eigenvalue weighted by atomic mass is 10.1. The van der Waals surface area contributed by atoms with Gasteiger partial charge in [0.05, 0.1) is 26.9 Å². The molecule has 1 N–H and O–H groups in total. The molecule has 8 heteroatoms. The summed E-state index contributed by atoms with van der Waals surface area (Å²) < 4.78 is 26.7. The van der Waals surface area contributed by atoms with E-state index in [9.17, 15) is 9.59 Å². The Morgan fingerprint density at radius 1 is 0.758 bits per heavy atom. The van der Waals surface area contributed by atoms with Crippen molar-refractivity contribution >= 4 is 11.9 Å². The highest BCUT2D eigenvalue weighted by molar-refractivity contribution is 5.91. The number of hydrogen-bond donors (Lipinski definition) is 1. The summed E-state index contributed by atoms with van der Waals surface area (Å²) in [5, 5.41) is 2.69. The van der Waals surface area contributed by atoms with Gasteiger partial charge in [0.25, 0.3) is 5.91 Å². The van der Waals surface area contributed by atoms with Crippen LogP contribution in [0.25, 0.3) is 0 Å². The summed E-state index contributed by atoms with van der Waals surface area (Å²) in [7, 11) is 4.56. The first kappa shape index (κ1) is 23.5. The molecule has 0 spiro atoms. The average molecular weight is 451 g/mol. The minimum atomic E-state index is -0.611. The maximum absolute atomic E-state index is 12.3. The molecule has 0 saturated carbocycles. The van der Waals surface area contributed by atoms with Crippen LogP contribution in [0.3, 0.4) is 0 Å². The number of hydrogen-bond acceptors (Lipinski definition) is 7. The van der Waals surface area contributed by atoms with Crippen molar-refractivity contribution in [2.24, 2.45) is 0 Å². The standard InChI is InChI=1S/C25H25NO7/c1-29-21-14-23(31-3)22(30-2)13-18(21)15-26-24(27)16-32-25(28)17-9-11-20(12-10-17)33-19-7-5-4-6-8-19/h4-14H,15-16H2,1-3H3,(H,26,27). The maximum Gasteiger partial charge on any atom is 0.338 e. The van der Waals surface area contributed by atoms with Gasteiger partial charge in [0.2, 0.25) is 0 Å². The van der Waals surface area contributed by atoms with Crippen LogP contribution in [0, 0.1) is 0 Å². The smallest absolute Gasteiger partial charge is 0.338 e. The molecular weight excluding hydrogens is 426 g/mol. The van der Waals surface area contributed by atoms with E-state index in [4.69, 9.17) is 23.7 Å². The molecule has 3 aromatic carbocycles. The van der Waals surface area contributed by atoms with Crippen LogP contribution in [0.1, 0.15) is 15.9 Å². The van der Waals surface area contributed by atoms with Crippen molar-refractivity contribution in [3.05, 3.63) is 77.9 Å². The van der Waals surface area contributed by atoms with Gasteiger partial charge in [0, 0.05) is 18.2 Å². The Hall–Kier alpha value is -4.20. The summed E-state index contributed by atoms with van der Waals surface area (Å²) in [5.41, 5.74) is 0.994. The lowest BCUT2D eigenvalue weighted by Gasteiger charge is -2.14. The molecule has 3 rings (SSSR count). The third-order valence-electron chi connectivity index (χ3n) is 4.67. The van der Waals surface area contributed by atoms with Gasteiger partial charge in [-0.2, -0.15) is 0 Å². The zero-order valence-electron chi connectivity index (χ0n) is 18.6.